The maximum absolute atomic E-state index is 5.91. The molecule has 0 amide bonds. The van der Waals surface area contributed by atoms with E-state index in [4.69, 9.17) is 9.47 Å². The monoisotopic (exact) mass is 277 g/mol. The molecular weight excluding hydrogens is 250 g/mol. The van der Waals surface area contributed by atoms with Crippen LogP contribution in [0.5, 0.6) is 11.5 Å². The van der Waals surface area contributed by atoms with Crippen molar-refractivity contribution in [3.05, 3.63) is 24.3 Å². The first kappa shape index (κ1) is 15.2. The second-order valence-electron chi connectivity index (χ2n) is 5.86. The minimum absolute atomic E-state index is 0.646. The molecule has 1 N–H and O–H groups in total. The SMILES string of the molecule is CNC1CCC(C)CC1CCOc1ccccc1OC. The van der Waals surface area contributed by atoms with Crippen molar-refractivity contribution < 1.29 is 9.47 Å². The maximum atomic E-state index is 5.91. The molecule has 1 aliphatic carbocycles. The molecule has 0 radical (unpaired) electrons. The van der Waals surface area contributed by atoms with Crippen molar-refractivity contribution in [2.75, 3.05) is 20.8 Å². The molecule has 1 fully saturated rings. The second kappa shape index (κ2) is 7.53. The van der Waals surface area contributed by atoms with Crippen LogP contribution >= 0.6 is 0 Å². The van der Waals surface area contributed by atoms with Crippen molar-refractivity contribution in [1.82, 2.24) is 5.32 Å². The lowest BCUT2D eigenvalue weighted by atomic mass is 9.77. The maximum Gasteiger partial charge on any atom is 0.161 e. The van der Waals surface area contributed by atoms with Gasteiger partial charge in [0.05, 0.1) is 13.7 Å². The molecule has 0 heterocycles. The number of benzene rings is 1. The Hall–Kier alpha value is -1.22. The van der Waals surface area contributed by atoms with Crippen molar-refractivity contribution >= 4 is 0 Å². The van der Waals surface area contributed by atoms with Gasteiger partial charge in [0.25, 0.3) is 0 Å². The van der Waals surface area contributed by atoms with Crippen LogP contribution in [-0.2, 0) is 0 Å². The molecule has 3 unspecified atom stereocenters. The Kier molecular flexibility index (Phi) is 5.72. The lowest BCUT2D eigenvalue weighted by Crippen LogP contribution is -2.38. The Morgan fingerprint density at radius 3 is 2.65 bits per heavy atom. The number of methoxy groups -OCH3 is 1. The van der Waals surface area contributed by atoms with Crippen molar-refractivity contribution in [1.29, 1.82) is 0 Å². The molecule has 2 rings (SSSR count). The number of ether oxygens (including phenoxy) is 2. The zero-order chi connectivity index (χ0) is 14.4. The third-order valence-corrected chi connectivity index (χ3v) is 4.43. The third-order valence-electron chi connectivity index (χ3n) is 4.43. The molecule has 1 aromatic carbocycles. The number of hydrogen-bond donors (Lipinski definition) is 1. The average molecular weight is 277 g/mol. The fourth-order valence-electron chi connectivity index (χ4n) is 3.26. The molecule has 1 aliphatic rings. The van der Waals surface area contributed by atoms with Crippen LogP contribution in [0.2, 0.25) is 0 Å². The number of hydrogen-bond acceptors (Lipinski definition) is 3. The van der Waals surface area contributed by atoms with E-state index in [1.807, 2.05) is 24.3 Å². The van der Waals surface area contributed by atoms with Crippen LogP contribution in [0.1, 0.15) is 32.6 Å². The fraction of sp³-hybridized carbons (Fsp3) is 0.647. The molecule has 3 atom stereocenters. The molecular formula is C17H27NO2. The van der Waals surface area contributed by atoms with Gasteiger partial charge in [0, 0.05) is 6.04 Å². The lowest BCUT2D eigenvalue weighted by molar-refractivity contribution is 0.177. The zero-order valence-electron chi connectivity index (χ0n) is 12.9. The van der Waals surface area contributed by atoms with Crippen LogP contribution in [0.3, 0.4) is 0 Å². The largest absolute Gasteiger partial charge is 0.493 e. The van der Waals surface area contributed by atoms with Crippen molar-refractivity contribution in [3.63, 3.8) is 0 Å². The predicted molar refractivity (Wildman–Crippen MR) is 82.5 cm³/mol. The van der Waals surface area contributed by atoms with Crippen molar-refractivity contribution in [2.24, 2.45) is 11.8 Å². The van der Waals surface area contributed by atoms with Gasteiger partial charge in [-0.3, -0.25) is 0 Å². The van der Waals surface area contributed by atoms with Gasteiger partial charge in [-0.1, -0.05) is 19.1 Å². The van der Waals surface area contributed by atoms with E-state index in [2.05, 4.69) is 19.3 Å². The van der Waals surface area contributed by atoms with Gasteiger partial charge in [0.15, 0.2) is 11.5 Å². The molecule has 3 heteroatoms. The van der Waals surface area contributed by atoms with E-state index < -0.39 is 0 Å². The van der Waals surface area contributed by atoms with E-state index in [-0.39, 0.29) is 0 Å². The van der Waals surface area contributed by atoms with E-state index in [9.17, 15) is 0 Å². The lowest BCUT2D eigenvalue weighted by Gasteiger charge is -2.34. The van der Waals surface area contributed by atoms with Crippen LogP contribution in [0, 0.1) is 11.8 Å². The van der Waals surface area contributed by atoms with Gasteiger partial charge in [0.2, 0.25) is 0 Å². The van der Waals surface area contributed by atoms with E-state index >= 15 is 0 Å². The number of para-hydroxylation sites is 2. The molecule has 0 bridgehead atoms. The highest BCUT2D eigenvalue weighted by molar-refractivity contribution is 5.39. The highest BCUT2D eigenvalue weighted by atomic mass is 16.5. The zero-order valence-corrected chi connectivity index (χ0v) is 12.9. The van der Waals surface area contributed by atoms with Crippen molar-refractivity contribution in [3.8, 4) is 11.5 Å². The summed E-state index contributed by atoms with van der Waals surface area (Å²) in [5.74, 6) is 3.23. The summed E-state index contributed by atoms with van der Waals surface area (Å²) in [6, 6.07) is 8.50. The normalized spacial score (nSPS) is 26.2. The average Bonchev–Trinajstić information content (AvgIpc) is 2.48. The van der Waals surface area contributed by atoms with E-state index in [0.717, 1.165) is 36.4 Å². The van der Waals surface area contributed by atoms with Gasteiger partial charge in [-0.05, 0) is 56.7 Å². The Morgan fingerprint density at radius 1 is 1.20 bits per heavy atom. The summed E-state index contributed by atoms with van der Waals surface area (Å²) >= 11 is 0. The Labute approximate surface area is 122 Å². The fourth-order valence-corrected chi connectivity index (χ4v) is 3.26. The molecule has 0 saturated heterocycles. The summed E-state index contributed by atoms with van der Waals surface area (Å²) in [6.07, 6.45) is 5.04. The van der Waals surface area contributed by atoms with Crippen LogP contribution in [0.15, 0.2) is 24.3 Å². The summed E-state index contributed by atoms with van der Waals surface area (Å²) in [7, 11) is 3.76. The van der Waals surface area contributed by atoms with Gasteiger partial charge in [-0.15, -0.1) is 0 Å². The van der Waals surface area contributed by atoms with E-state index in [0.29, 0.717) is 6.04 Å². The first-order chi connectivity index (χ1) is 9.74. The summed E-state index contributed by atoms with van der Waals surface area (Å²) in [4.78, 5) is 0. The van der Waals surface area contributed by atoms with Crippen LogP contribution in [0.25, 0.3) is 0 Å². The summed E-state index contributed by atoms with van der Waals surface area (Å²) in [6.45, 7) is 3.12. The summed E-state index contributed by atoms with van der Waals surface area (Å²) < 4.78 is 11.2. The van der Waals surface area contributed by atoms with E-state index in [1.54, 1.807) is 7.11 Å². The quantitative estimate of drug-likeness (QED) is 0.863. The minimum Gasteiger partial charge on any atom is -0.493 e. The molecule has 3 nitrogen and oxygen atoms in total. The molecule has 1 aromatic rings. The minimum atomic E-state index is 0.646. The third kappa shape index (κ3) is 3.89. The molecule has 112 valence electrons. The summed E-state index contributed by atoms with van der Waals surface area (Å²) in [5, 5.41) is 3.47. The molecule has 0 aromatic heterocycles. The standard InChI is InChI=1S/C17H27NO2/c1-13-8-9-15(18-2)14(12-13)10-11-20-17-7-5-4-6-16(17)19-3/h4-7,13-15,18H,8-12H2,1-3H3. The first-order valence-corrected chi connectivity index (χ1v) is 7.67. The van der Waals surface area contributed by atoms with E-state index in [1.165, 1.54) is 19.3 Å². The predicted octanol–water partition coefficient (Wildman–Crippen LogP) is 3.49. The van der Waals surface area contributed by atoms with Crippen LogP contribution < -0.4 is 14.8 Å². The van der Waals surface area contributed by atoms with Gasteiger partial charge < -0.3 is 14.8 Å². The topological polar surface area (TPSA) is 30.5 Å². The van der Waals surface area contributed by atoms with Gasteiger partial charge in [-0.25, -0.2) is 0 Å². The molecule has 0 aliphatic heterocycles. The van der Waals surface area contributed by atoms with Crippen LogP contribution in [0.4, 0.5) is 0 Å². The van der Waals surface area contributed by atoms with Gasteiger partial charge in [-0.2, -0.15) is 0 Å². The van der Waals surface area contributed by atoms with Gasteiger partial charge in [0.1, 0.15) is 0 Å². The Morgan fingerprint density at radius 2 is 1.95 bits per heavy atom. The molecule has 0 spiro atoms. The van der Waals surface area contributed by atoms with Crippen LogP contribution in [-0.4, -0.2) is 26.8 Å². The molecule has 1 saturated carbocycles. The second-order valence-corrected chi connectivity index (χ2v) is 5.86. The Bertz CT molecular complexity index is 408. The summed E-state index contributed by atoms with van der Waals surface area (Å²) in [5.41, 5.74) is 0. The first-order valence-electron chi connectivity index (χ1n) is 7.67. The highest BCUT2D eigenvalue weighted by Gasteiger charge is 2.27. The number of rotatable bonds is 6. The molecule has 20 heavy (non-hydrogen) atoms. The number of nitrogens with one attached hydrogen (secondary N) is 1. The van der Waals surface area contributed by atoms with Crippen molar-refractivity contribution in [2.45, 2.75) is 38.6 Å². The Balaban J connectivity index is 1.85. The smallest absolute Gasteiger partial charge is 0.161 e. The van der Waals surface area contributed by atoms with Gasteiger partial charge >= 0.3 is 0 Å². The highest BCUT2D eigenvalue weighted by Crippen LogP contribution is 2.32.